The Kier molecular flexibility index (Phi) is 9.34. The second-order valence-corrected chi connectivity index (χ2v) is 7.79. The number of aliphatic carboxylic acids is 2. The number of likely N-dealkylation sites (N-methyl/N-ethyl adjacent to an activating group) is 1. The van der Waals surface area contributed by atoms with E-state index >= 15 is 0 Å². The predicted octanol–water partition coefficient (Wildman–Crippen LogP) is 3.34. The van der Waals surface area contributed by atoms with Crippen LogP contribution in [0.1, 0.15) is 35.6 Å². The molecule has 1 unspecified atom stereocenters. The lowest BCUT2D eigenvalue weighted by molar-refractivity contribution is -0.134. The number of ether oxygens (including phenoxy) is 1. The number of rotatable bonds is 8. The van der Waals surface area contributed by atoms with Gasteiger partial charge in [-0.1, -0.05) is 6.07 Å². The van der Waals surface area contributed by atoms with E-state index < -0.39 is 11.9 Å². The summed E-state index contributed by atoms with van der Waals surface area (Å²) in [5, 5.41) is 15.6. The highest BCUT2D eigenvalue weighted by Crippen LogP contribution is 2.34. The first-order chi connectivity index (χ1) is 14.8. The molecule has 1 aliphatic carbocycles. The van der Waals surface area contributed by atoms with Crippen LogP contribution in [0.3, 0.4) is 0 Å². The van der Waals surface area contributed by atoms with Crippen LogP contribution in [0.25, 0.3) is 0 Å². The van der Waals surface area contributed by atoms with Crippen LogP contribution in [-0.2, 0) is 29.5 Å². The smallest absolute Gasteiger partial charge is 0.328 e. The summed E-state index contributed by atoms with van der Waals surface area (Å²) in [5.74, 6) is -0.871. The minimum absolute atomic E-state index is 0.558. The van der Waals surface area contributed by atoms with Crippen molar-refractivity contribution in [3.05, 3.63) is 65.5 Å². The molecule has 1 atom stereocenters. The van der Waals surface area contributed by atoms with Crippen LogP contribution in [0.2, 0.25) is 0 Å². The van der Waals surface area contributed by atoms with E-state index in [4.69, 9.17) is 14.9 Å². The van der Waals surface area contributed by atoms with E-state index in [0.29, 0.717) is 18.1 Å². The van der Waals surface area contributed by atoms with Crippen molar-refractivity contribution in [1.82, 2.24) is 9.47 Å². The van der Waals surface area contributed by atoms with E-state index in [2.05, 4.69) is 60.1 Å². The molecule has 2 N–H and O–H groups in total. The summed E-state index contributed by atoms with van der Waals surface area (Å²) in [6.07, 6.45) is 8.13. The van der Waals surface area contributed by atoms with Crippen molar-refractivity contribution in [3.8, 4) is 5.75 Å². The molecule has 0 bridgehead atoms. The normalized spacial score (nSPS) is 15.3. The number of carboxylic acids is 2. The second-order valence-electron chi connectivity index (χ2n) is 7.79. The predicted molar refractivity (Wildman–Crippen MR) is 120 cm³/mol. The van der Waals surface area contributed by atoms with Crippen molar-refractivity contribution in [2.75, 3.05) is 27.2 Å². The van der Waals surface area contributed by atoms with Gasteiger partial charge in [0.05, 0.1) is 7.11 Å². The monoisotopic (exact) mass is 428 g/mol. The molecule has 1 heterocycles. The standard InChI is InChI=1S/C20H28N2O.C4H4O4/c1-21(13-11-18-8-5-12-22(18)2)15-17-7-4-6-16-14-19(23-3)9-10-20(16)17;5-3(6)1-2-4(7)8/h5,8-10,12,14,17H,4,6-7,11,13,15H2,1-3H3;1-2H,(H,5,6)(H,7,8)/b;2-1+. The molecule has 0 spiro atoms. The Balaban J connectivity index is 0.000000366. The Hall–Kier alpha value is -3.06. The quantitative estimate of drug-likeness (QED) is 0.627. The average molecular weight is 429 g/mol. The zero-order valence-electron chi connectivity index (χ0n) is 18.5. The Labute approximate surface area is 183 Å². The van der Waals surface area contributed by atoms with Crippen molar-refractivity contribution >= 4 is 11.9 Å². The Morgan fingerprint density at radius 1 is 1.23 bits per heavy atom. The van der Waals surface area contributed by atoms with Gasteiger partial charge >= 0.3 is 11.9 Å². The van der Waals surface area contributed by atoms with E-state index in [9.17, 15) is 9.59 Å². The highest BCUT2D eigenvalue weighted by Gasteiger charge is 2.21. The lowest BCUT2D eigenvalue weighted by atomic mass is 9.82. The van der Waals surface area contributed by atoms with Gasteiger partial charge in [0.2, 0.25) is 0 Å². The number of aromatic nitrogens is 1. The number of aryl methyl sites for hydroxylation is 2. The van der Waals surface area contributed by atoms with E-state index in [0.717, 1.165) is 25.3 Å². The van der Waals surface area contributed by atoms with Gasteiger partial charge in [-0.05, 0) is 67.6 Å². The number of hydrogen-bond donors (Lipinski definition) is 2. The molecule has 3 rings (SSSR count). The Bertz CT molecular complexity index is 887. The molecule has 7 nitrogen and oxygen atoms in total. The lowest BCUT2D eigenvalue weighted by Gasteiger charge is -2.29. The van der Waals surface area contributed by atoms with Crippen LogP contribution in [0.5, 0.6) is 5.75 Å². The number of benzene rings is 1. The molecule has 0 fully saturated rings. The van der Waals surface area contributed by atoms with Crippen molar-refractivity contribution in [3.63, 3.8) is 0 Å². The van der Waals surface area contributed by atoms with Gasteiger partial charge in [0.25, 0.3) is 0 Å². The number of nitrogens with zero attached hydrogens (tertiary/aromatic N) is 2. The maximum absolute atomic E-state index is 9.55. The molecular formula is C24H32N2O5. The highest BCUT2D eigenvalue weighted by molar-refractivity contribution is 5.89. The molecule has 0 radical (unpaired) electrons. The Morgan fingerprint density at radius 2 is 1.94 bits per heavy atom. The second kappa shape index (κ2) is 12.0. The van der Waals surface area contributed by atoms with E-state index in [-0.39, 0.29) is 0 Å². The molecule has 1 aromatic heterocycles. The van der Waals surface area contributed by atoms with Crippen LogP contribution >= 0.6 is 0 Å². The first-order valence-electron chi connectivity index (χ1n) is 10.4. The van der Waals surface area contributed by atoms with Gasteiger partial charge in [0.15, 0.2) is 0 Å². The summed E-state index contributed by atoms with van der Waals surface area (Å²) in [6, 6.07) is 11.0. The van der Waals surface area contributed by atoms with Crippen molar-refractivity contribution in [1.29, 1.82) is 0 Å². The summed E-state index contributed by atoms with van der Waals surface area (Å²) < 4.78 is 7.59. The van der Waals surface area contributed by atoms with E-state index in [1.54, 1.807) is 7.11 Å². The molecule has 1 aliphatic rings. The zero-order valence-corrected chi connectivity index (χ0v) is 18.5. The summed E-state index contributed by atoms with van der Waals surface area (Å²) in [7, 11) is 6.13. The van der Waals surface area contributed by atoms with Gasteiger partial charge in [0.1, 0.15) is 5.75 Å². The number of fused-ring (bicyclic) bond motifs is 1. The van der Waals surface area contributed by atoms with Crippen LogP contribution in [-0.4, -0.2) is 58.9 Å². The maximum Gasteiger partial charge on any atom is 0.328 e. The van der Waals surface area contributed by atoms with Gasteiger partial charge < -0.3 is 24.4 Å². The topological polar surface area (TPSA) is 92.0 Å². The van der Waals surface area contributed by atoms with Crippen LogP contribution in [0.15, 0.2) is 48.7 Å². The molecule has 31 heavy (non-hydrogen) atoms. The third-order valence-electron chi connectivity index (χ3n) is 5.49. The minimum atomic E-state index is -1.26. The number of carbonyl (C=O) groups is 2. The van der Waals surface area contributed by atoms with Crippen molar-refractivity contribution < 1.29 is 24.5 Å². The maximum atomic E-state index is 9.55. The first-order valence-corrected chi connectivity index (χ1v) is 10.4. The third-order valence-corrected chi connectivity index (χ3v) is 5.49. The third kappa shape index (κ3) is 7.94. The molecule has 1 aromatic carbocycles. The van der Waals surface area contributed by atoms with Gasteiger partial charge in [-0.3, -0.25) is 0 Å². The molecule has 0 amide bonds. The van der Waals surface area contributed by atoms with E-state index in [1.807, 2.05) is 0 Å². The SMILES string of the molecule is COc1ccc2c(c1)CCCC2CN(C)CCc1cccn1C.O=C(O)/C=C/C(=O)O. The van der Waals surface area contributed by atoms with Gasteiger partial charge in [-0.2, -0.15) is 0 Å². The molecule has 0 saturated heterocycles. The lowest BCUT2D eigenvalue weighted by Crippen LogP contribution is -2.29. The van der Waals surface area contributed by atoms with Crippen LogP contribution < -0.4 is 4.74 Å². The van der Waals surface area contributed by atoms with Crippen LogP contribution in [0.4, 0.5) is 0 Å². The molecule has 0 saturated carbocycles. The Morgan fingerprint density at radius 3 is 2.52 bits per heavy atom. The fourth-order valence-corrected chi connectivity index (χ4v) is 3.88. The summed E-state index contributed by atoms with van der Waals surface area (Å²) in [6.45, 7) is 2.25. The minimum Gasteiger partial charge on any atom is -0.497 e. The van der Waals surface area contributed by atoms with Crippen molar-refractivity contribution in [2.24, 2.45) is 7.05 Å². The largest absolute Gasteiger partial charge is 0.497 e. The summed E-state index contributed by atoms with van der Waals surface area (Å²) in [4.78, 5) is 21.6. The molecule has 0 aliphatic heterocycles. The molecule has 168 valence electrons. The van der Waals surface area contributed by atoms with E-state index in [1.165, 1.54) is 36.1 Å². The van der Waals surface area contributed by atoms with Gasteiger partial charge in [0, 0.05) is 50.6 Å². The summed E-state index contributed by atoms with van der Waals surface area (Å²) in [5.41, 5.74) is 4.42. The molecular weight excluding hydrogens is 396 g/mol. The average Bonchev–Trinajstić information content (AvgIpc) is 3.15. The highest BCUT2D eigenvalue weighted by atomic mass is 16.5. The summed E-state index contributed by atoms with van der Waals surface area (Å²) >= 11 is 0. The van der Waals surface area contributed by atoms with Gasteiger partial charge in [-0.25, -0.2) is 9.59 Å². The zero-order chi connectivity index (χ0) is 22.8. The fourth-order valence-electron chi connectivity index (χ4n) is 3.88. The number of carboxylic acid groups (broad SMARTS) is 2. The first kappa shape index (κ1) is 24.2. The number of hydrogen-bond acceptors (Lipinski definition) is 4. The molecule has 7 heteroatoms. The number of methoxy groups -OCH3 is 1. The molecule has 2 aromatic rings. The van der Waals surface area contributed by atoms with Crippen LogP contribution in [0, 0.1) is 0 Å². The van der Waals surface area contributed by atoms with Gasteiger partial charge in [-0.15, -0.1) is 0 Å². The van der Waals surface area contributed by atoms with Crippen molar-refractivity contribution in [2.45, 2.75) is 31.6 Å². The fraction of sp³-hybridized carbons (Fsp3) is 0.417.